The monoisotopic (exact) mass is 318 g/mol. The fraction of sp³-hybridized carbons (Fsp3) is 0.333. The number of aryl methyl sites for hydroxylation is 3. The van der Waals surface area contributed by atoms with Gasteiger partial charge in [-0.1, -0.05) is 30.5 Å². The molecule has 0 spiro atoms. The highest BCUT2D eigenvalue weighted by Gasteiger charge is 2.27. The highest BCUT2D eigenvalue weighted by molar-refractivity contribution is 6.10. The molecule has 0 N–H and O–H groups in total. The molecule has 0 saturated heterocycles. The van der Waals surface area contributed by atoms with Crippen LogP contribution in [0.3, 0.4) is 0 Å². The van der Waals surface area contributed by atoms with Gasteiger partial charge in [0.15, 0.2) is 0 Å². The van der Waals surface area contributed by atoms with Crippen molar-refractivity contribution < 1.29 is 4.52 Å². The molecule has 3 heteroatoms. The van der Waals surface area contributed by atoms with Crippen LogP contribution in [-0.2, 0) is 7.05 Å². The van der Waals surface area contributed by atoms with Crippen LogP contribution in [0, 0.1) is 20.8 Å². The summed E-state index contributed by atoms with van der Waals surface area (Å²) in [5.74, 6) is 0.465. The van der Waals surface area contributed by atoms with Gasteiger partial charge < -0.3 is 0 Å². The SMILES string of the molecule is Cc1c(C)n(C)[n+]2c1c1cccc(C(C)C)c1c1nccc(C)c12. The first-order valence-electron chi connectivity index (χ1n) is 8.61. The second kappa shape index (κ2) is 5.04. The molecule has 0 aliphatic rings. The highest BCUT2D eigenvalue weighted by atomic mass is 15.4. The van der Waals surface area contributed by atoms with E-state index in [4.69, 9.17) is 4.98 Å². The Kier molecular flexibility index (Phi) is 3.17. The topological polar surface area (TPSA) is 21.9 Å². The van der Waals surface area contributed by atoms with Crippen LogP contribution in [0.5, 0.6) is 0 Å². The molecule has 0 unspecified atom stereocenters. The maximum absolute atomic E-state index is 4.81. The minimum Gasteiger partial charge on any atom is -0.249 e. The molecule has 4 rings (SSSR count). The Morgan fingerprint density at radius 1 is 1.04 bits per heavy atom. The minimum absolute atomic E-state index is 0.465. The first kappa shape index (κ1) is 15.1. The fourth-order valence-corrected chi connectivity index (χ4v) is 3.96. The van der Waals surface area contributed by atoms with E-state index < -0.39 is 0 Å². The van der Waals surface area contributed by atoms with E-state index in [-0.39, 0.29) is 0 Å². The molecule has 4 aromatic rings. The molecule has 0 atom stereocenters. The summed E-state index contributed by atoms with van der Waals surface area (Å²) in [5.41, 5.74) is 8.89. The van der Waals surface area contributed by atoms with Gasteiger partial charge in [0.1, 0.15) is 5.52 Å². The molecule has 122 valence electrons. The van der Waals surface area contributed by atoms with E-state index >= 15 is 0 Å². The van der Waals surface area contributed by atoms with Crippen LogP contribution in [0.25, 0.3) is 27.3 Å². The summed E-state index contributed by atoms with van der Waals surface area (Å²) in [5, 5.41) is 2.60. The Hall–Kier alpha value is -2.42. The van der Waals surface area contributed by atoms with Crippen molar-refractivity contribution in [1.29, 1.82) is 0 Å². The predicted molar refractivity (Wildman–Crippen MR) is 99.7 cm³/mol. The van der Waals surface area contributed by atoms with Crippen LogP contribution in [0.1, 0.15) is 42.1 Å². The lowest BCUT2D eigenvalue weighted by Crippen LogP contribution is -2.33. The van der Waals surface area contributed by atoms with Crippen molar-refractivity contribution in [3.63, 3.8) is 0 Å². The summed E-state index contributed by atoms with van der Waals surface area (Å²) >= 11 is 0. The molecular weight excluding hydrogens is 294 g/mol. The molecule has 1 aromatic carbocycles. The average Bonchev–Trinajstić information content (AvgIpc) is 2.79. The number of benzene rings is 1. The van der Waals surface area contributed by atoms with Crippen LogP contribution in [-0.4, -0.2) is 9.67 Å². The summed E-state index contributed by atoms with van der Waals surface area (Å²) < 4.78 is 4.60. The van der Waals surface area contributed by atoms with Crippen LogP contribution >= 0.6 is 0 Å². The van der Waals surface area contributed by atoms with Gasteiger partial charge in [0.25, 0.3) is 5.52 Å². The Morgan fingerprint density at radius 3 is 2.50 bits per heavy atom. The molecule has 0 aliphatic carbocycles. The molecular formula is C21H24N3+. The van der Waals surface area contributed by atoms with Crippen molar-refractivity contribution in [2.24, 2.45) is 7.05 Å². The third-order valence-electron chi connectivity index (χ3n) is 5.44. The lowest BCUT2D eigenvalue weighted by atomic mass is 9.94. The smallest absolute Gasteiger partial charge is 0.249 e. The summed E-state index contributed by atoms with van der Waals surface area (Å²) in [6.45, 7) is 11.1. The van der Waals surface area contributed by atoms with Crippen molar-refractivity contribution in [3.8, 4) is 0 Å². The van der Waals surface area contributed by atoms with Gasteiger partial charge in [0.05, 0.1) is 18.1 Å². The van der Waals surface area contributed by atoms with Crippen molar-refractivity contribution in [2.45, 2.75) is 40.5 Å². The Bertz CT molecular complexity index is 1120. The minimum atomic E-state index is 0.465. The fourth-order valence-electron chi connectivity index (χ4n) is 3.96. The van der Waals surface area contributed by atoms with Crippen LogP contribution in [0.2, 0.25) is 0 Å². The number of hydrogen-bond donors (Lipinski definition) is 0. The Labute approximate surface area is 142 Å². The van der Waals surface area contributed by atoms with Gasteiger partial charge in [-0.25, -0.2) is 4.98 Å². The standard InChI is InChI=1S/C21H24N3/c1-12(2)16-8-7-9-17-18(16)19-20(13(3)10-11-22-19)24-21(17)14(4)15(5)23(24)6/h7-12H,1-6H3/q+1. The quantitative estimate of drug-likeness (QED) is 0.374. The van der Waals surface area contributed by atoms with Gasteiger partial charge in [-0.15, -0.1) is 0 Å². The number of pyridine rings is 2. The van der Waals surface area contributed by atoms with Crippen molar-refractivity contribution in [3.05, 3.63) is 52.8 Å². The zero-order valence-electron chi connectivity index (χ0n) is 15.3. The first-order chi connectivity index (χ1) is 11.4. The van der Waals surface area contributed by atoms with Gasteiger partial charge >= 0.3 is 0 Å². The van der Waals surface area contributed by atoms with Gasteiger partial charge in [0.2, 0.25) is 5.52 Å². The number of rotatable bonds is 1. The van der Waals surface area contributed by atoms with Crippen LogP contribution in [0.4, 0.5) is 0 Å². The summed E-state index contributed by atoms with van der Waals surface area (Å²) in [6.07, 6.45) is 1.93. The normalized spacial score (nSPS) is 12.1. The molecule has 3 aromatic heterocycles. The third-order valence-corrected chi connectivity index (χ3v) is 5.44. The molecule has 0 aliphatic heterocycles. The predicted octanol–water partition coefficient (Wildman–Crippen LogP) is 4.51. The van der Waals surface area contributed by atoms with Gasteiger partial charge in [-0.05, 0) is 44.4 Å². The van der Waals surface area contributed by atoms with Crippen LogP contribution < -0.4 is 4.52 Å². The molecule has 0 bridgehead atoms. The number of fused-ring (bicyclic) bond motifs is 6. The lowest BCUT2D eigenvalue weighted by Gasteiger charge is -2.11. The molecule has 0 saturated carbocycles. The summed E-state index contributed by atoms with van der Waals surface area (Å²) in [6, 6.07) is 8.78. The third kappa shape index (κ3) is 1.78. The van der Waals surface area contributed by atoms with Gasteiger partial charge in [0, 0.05) is 22.7 Å². The molecule has 0 radical (unpaired) electrons. The maximum Gasteiger partial charge on any atom is 0.265 e. The highest BCUT2D eigenvalue weighted by Crippen LogP contribution is 2.34. The largest absolute Gasteiger partial charge is 0.265 e. The van der Waals surface area contributed by atoms with Gasteiger partial charge in [-0.3, -0.25) is 0 Å². The van der Waals surface area contributed by atoms with Crippen molar-refractivity contribution >= 4 is 27.3 Å². The molecule has 0 fully saturated rings. The van der Waals surface area contributed by atoms with E-state index in [2.05, 4.69) is 75.1 Å². The second-order valence-electron chi connectivity index (χ2n) is 7.14. The summed E-state index contributed by atoms with van der Waals surface area (Å²) in [4.78, 5) is 4.81. The number of hydrogen-bond acceptors (Lipinski definition) is 1. The van der Waals surface area contributed by atoms with E-state index in [0.29, 0.717) is 5.92 Å². The molecule has 3 heterocycles. The Balaban J connectivity index is 2.48. The molecule has 3 nitrogen and oxygen atoms in total. The maximum atomic E-state index is 4.81. The van der Waals surface area contributed by atoms with E-state index in [0.717, 1.165) is 5.52 Å². The molecule has 24 heavy (non-hydrogen) atoms. The zero-order valence-corrected chi connectivity index (χ0v) is 15.3. The van der Waals surface area contributed by atoms with Gasteiger partial charge in [-0.2, -0.15) is 4.68 Å². The van der Waals surface area contributed by atoms with E-state index in [1.165, 1.54) is 44.2 Å². The number of aromatic nitrogens is 3. The van der Waals surface area contributed by atoms with E-state index in [9.17, 15) is 0 Å². The average molecular weight is 318 g/mol. The van der Waals surface area contributed by atoms with E-state index in [1.807, 2.05) is 6.20 Å². The summed E-state index contributed by atoms with van der Waals surface area (Å²) in [7, 11) is 2.14. The van der Waals surface area contributed by atoms with E-state index in [1.54, 1.807) is 0 Å². The second-order valence-corrected chi connectivity index (χ2v) is 7.14. The lowest BCUT2D eigenvalue weighted by molar-refractivity contribution is -0.580. The van der Waals surface area contributed by atoms with Crippen molar-refractivity contribution in [1.82, 2.24) is 9.67 Å². The molecule has 0 amide bonds. The first-order valence-corrected chi connectivity index (χ1v) is 8.61. The Morgan fingerprint density at radius 2 is 1.79 bits per heavy atom. The number of nitrogens with zero attached hydrogens (tertiary/aromatic N) is 3. The zero-order chi connectivity index (χ0) is 17.2. The van der Waals surface area contributed by atoms with Crippen molar-refractivity contribution in [2.75, 3.05) is 0 Å². The van der Waals surface area contributed by atoms with Crippen LogP contribution in [0.15, 0.2) is 30.5 Å².